The van der Waals surface area contributed by atoms with Crippen molar-refractivity contribution in [3.05, 3.63) is 30.3 Å². The summed E-state index contributed by atoms with van der Waals surface area (Å²) in [6, 6.07) is 6.96. The topological polar surface area (TPSA) is 95.5 Å². The molecule has 1 aromatic rings. The molecule has 0 bridgehead atoms. The van der Waals surface area contributed by atoms with Crippen molar-refractivity contribution < 1.29 is 18.3 Å². The van der Waals surface area contributed by atoms with Gasteiger partial charge in [-0.1, -0.05) is 37.5 Å². The van der Waals surface area contributed by atoms with Crippen molar-refractivity contribution in [3.8, 4) is 0 Å². The minimum absolute atomic E-state index is 0.103. The fourth-order valence-corrected chi connectivity index (χ4v) is 4.21. The van der Waals surface area contributed by atoms with Gasteiger partial charge < -0.3 is 10.4 Å². The number of aliphatic hydroxyl groups is 1. The highest BCUT2D eigenvalue weighted by molar-refractivity contribution is 7.89. The van der Waals surface area contributed by atoms with Gasteiger partial charge in [0, 0.05) is 6.54 Å². The van der Waals surface area contributed by atoms with E-state index in [-0.39, 0.29) is 4.90 Å². The van der Waals surface area contributed by atoms with Crippen molar-refractivity contribution in [1.29, 1.82) is 0 Å². The average molecular weight is 354 g/mol. The monoisotopic (exact) mass is 354 g/mol. The van der Waals surface area contributed by atoms with Crippen LogP contribution in [-0.4, -0.2) is 38.1 Å². The first-order valence-corrected chi connectivity index (χ1v) is 9.91. The molecule has 2 atom stereocenters. The second-order valence-corrected chi connectivity index (χ2v) is 8.13. The van der Waals surface area contributed by atoms with E-state index in [1.165, 1.54) is 38.3 Å². The third-order valence-corrected chi connectivity index (χ3v) is 6.00. The molecule has 0 spiro atoms. The second-order valence-electron chi connectivity index (χ2n) is 6.42. The van der Waals surface area contributed by atoms with E-state index in [9.17, 15) is 18.3 Å². The van der Waals surface area contributed by atoms with E-state index in [1.54, 1.807) is 18.2 Å². The van der Waals surface area contributed by atoms with Gasteiger partial charge in [-0.3, -0.25) is 4.79 Å². The van der Waals surface area contributed by atoms with Crippen molar-refractivity contribution in [2.45, 2.75) is 56.1 Å². The number of benzene rings is 1. The third-order valence-electron chi connectivity index (χ3n) is 4.43. The van der Waals surface area contributed by atoms with Crippen LogP contribution in [0.2, 0.25) is 0 Å². The summed E-state index contributed by atoms with van der Waals surface area (Å²) < 4.78 is 26.8. The zero-order chi connectivity index (χ0) is 17.6. The predicted octanol–water partition coefficient (Wildman–Crippen LogP) is 1.41. The molecule has 1 aliphatic carbocycles. The first kappa shape index (κ1) is 18.9. The fraction of sp³-hybridized carbons (Fsp3) is 0.588. The molecule has 1 saturated carbocycles. The van der Waals surface area contributed by atoms with Gasteiger partial charge in [-0.05, 0) is 37.8 Å². The van der Waals surface area contributed by atoms with Crippen LogP contribution >= 0.6 is 0 Å². The van der Waals surface area contributed by atoms with Crippen molar-refractivity contribution in [2.75, 3.05) is 6.54 Å². The summed E-state index contributed by atoms with van der Waals surface area (Å²) in [7, 11) is -3.76. The van der Waals surface area contributed by atoms with Gasteiger partial charge in [0.2, 0.25) is 10.0 Å². The number of carbonyl (C=O) groups is 1. The fourth-order valence-electron chi connectivity index (χ4n) is 2.94. The van der Waals surface area contributed by atoms with Crippen LogP contribution < -0.4 is 10.0 Å². The standard InChI is InChI=1S/C17H26N2O4S/c1-13(19-24(22,23)15-10-6-3-7-11-15)16(20)17(21)18-12-14-8-4-2-5-9-14/h3,6-7,10-11,13-14,16,19-20H,2,4-5,8-9,12H2,1H3,(H,18,21). The van der Waals surface area contributed by atoms with Crippen molar-refractivity contribution >= 4 is 15.9 Å². The van der Waals surface area contributed by atoms with Gasteiger partial charge in [0.25, 0.3) is 5.91 Å². The molecule has 0 aliphatic heterocycles. The number of amides is 1. The minimum atomic E-state index is -3.76. The van der Waals surface area contributed by atoms with Gasteiger partial charge in [-0.25, -0.2) is 13.1 Å². The molecular formula is C17H26N2O4S. The molecule has 1 aliphatic rings. The van der Waals surface area contributed by atoms with Gasteiger partial charge in [-0.15, -0.1) is 0 Å². The van der Waals surface area contributed by atoms with Crippen molar-refractivity contribution in [3.63, 3.8) is 0 Å². The van der Waals surface area contributed by atoms with Gasteiger partial charge in [0.1, 0.15) is 6.10 Å². The van der Waals surface area contributed by atoms with Crippen LogP contribution in [0.25, 0.3) is 0 Å². The Kier molecular flexibility index (Phi) is 6.77. The molecule has 1 amide bonds. The number of sulfonamides is 1. The lowest BCUT2D eigenvalue weighted by Crippen LogP contribution is -2.49. The third kappa shape index (κ3) is 5.29. The summed E-state index contributed by atoms with van der Waals surface area (Å²) in [5.41, 5.74) is 0. The molecule has 0 heterocycles. The number of carbonyl (C=O) groups excluding carboxylic acids is 1. The van der Waals surface area contributed by atoms with E-state index in [2.05, 4.69) is 10.0 Å². The first-order valence-electron chi connectivity index (χ1n) is 8.43. The zero-order valence-corrected chi connectivity index (χ0v) is 14.8. The molecule has 2 rings (SSSR count). The quantitative estimate of drug-likeness (QED) is 0.690. The van der Waals surface area contributed by atoms with Crippen molar-refractivity contribution in [1.82, 2.24) is 10.0 Å². The Morgan fingerprint density at radius 3 is 2.46 bits per heavy atom. The lowest BCUT2D eigenvalue weighted by atomic mass is 9.89. The lowest BCUT2D eigenvalue weighted by molar-refractivity contribution is -0.130. The van der Waals surface area contributed by atoms with Crippen LogP contribution in [0.1, 0.15) is 39.0 Å². The second kappa shape index (κ2) is 8.60. The molecule has 134 valence electrons. The smallest absolute Gasteiger partial charge is 0.250 e. The minimum Gasteiger partial charge on any atom is -0.382 e. The molecule has 0 aromatic heterocycles. The van der Waals surface area contributed by atoms with Gasteiger partial charge in [-0.2, -0.15) is 0 Å². The van der Waals surface area contributed by atoms with E-state index in [4.69, 9.17) is 0 Å². The molecule has 24 heavy (non-hydrogen) atoms. The van der Waals surface area contributed by atoms with Crippen LogP contribution in [0.4, 0.5) is 0 Å². The summed E-state index contributed by atoms with van der Waals surface area (Å²) in [4.78, 5) is 12.2. The Labute approximate surface area is 143 Å². The predicted molar refractivity (Wildman–Crippen MR) is 91.8 cm³/mol. The average Bonchev–Trinajstić information content (AvgIpc) is 2.60. The molecule has 3 N–H and O–H groups in total. The first-order chi connectivity index (χ1) is 11.4. The SMILES string of the molecule is CC(NS(=O)(=O)c1ccccc1)C(O)C(=O)NCC1CCCCC1. The van der Waals surface area contributed by atoms with Gasteiger partial charge in [0.05, 0.1) is 10.9 Å². The maximum Gasteiger partial charge on any atom is 0.250 e. The van der Waals surface area contributed by atoms with Gasteiger partial charge in [0.15, 0.2) is 0 Å². The summed E-state index contributed by atoms with van der Waals surface area (Å²) in [6.45, 7) is 2.01. The van der Waals surface area contributed by atoms with E-state index < -0.39 is 28.1 Å². The molecule has 2 unspecified atom stereocenters. The number of nitrogens with one attached hydrogen (secondary N) is 2. The Morgan fingerprint density at radius 2 is 1.83 bits per heavy atom. The van der Waals surface area contributed by atoms with Crippen LogP contribution in [-0.2, 0) is 14.8 Å². The van der Waals surface area contributed by atoms with Crippen LogP contribution in [0.15, 0.2) is 35.2 Å². The lowest BCUT2D eigenvalue weighted by Gasteiger charge is -2.24. The molecule has 0 saturated heterocycles. The molecular weight excluding hydrogens is 328 g/mol. The van der Waals surface area contributed by atoms with Crippen LogP contribution in [0.5, 0.6) is 0 Å². The summed E-state index contributed by atoms with van der Waals surface area (Å²) in [6.07, 6.45) is 4.35. The molecule has 6 nitrogen and oxygen atoms in total. The Morgan fingerprint density at radius 1 is 1.21 bits per heavy atom. The van der Waals surface area contributed by atoms with Gasteiger partial charge >= 0.3 is 0 Å². The zero-order valence-electron chi connectivity index (χ0n) is 13.9. The number of aliphatic hydroxyl groups excluding tert-OH is 1. The molecule has 7 heteroatoms. The van der Waals surface area contributed by atoms with E-state index in [0.29, 0.717) is 12.5 Å². The highest BCUT2D eigenvalue weighted by Crippen LogP contribution is 2.22. The maximum atomic E-state index is 12.2. The van der Waals surface area contributed by atoms with Crippen LogP contribution in [0.3, 0.4) is 0 Å². The normalized spacial score (nSPS) is 18.8. The molecule has 1 aromatic carbocycles. The Balaban J connectivity index is 1.86. The summed E-state index contributed by atoms with van der Waals surface area (Å²) >= 11 is 0. The maximum absolute atomic E-state index is 12.2. The Bertz CT molecular complexity index is 627. The molecule has 1 fully saturated rings. The summed E-state index contributed by atoms with van der Waals surface area (Å²) in [5.74, 6) is -0.0879. The Hall–Kier alpha value is -1.44. The largest absolute Gasteiger partial charge is 0.382 e. The number of hydrogen-bond acceptors (Lipinski definition) is 4. The number of hydrogen-bond donors (Lipinski definition) is 3. The van der Waals surface area contributed by atoms with E-state index in [0.717, 1.165) is 12.8 Å². The molecule has 0 radical (unpaired) electrons. The highest BCUT2D eigenvalue weighted by atomic mass is 32.2. The van der Waals surface area contributed by atoms with E-state index >= 15 is 0 Å². The highest BCUT2D eigenvalue weighted by Gasteiger charge is 2.27. The number of rotatable bonds is 7. The van der Waals surface area contributed by atoms with Crippen molar-refractivity contribution in [2.24, 2.45) is 5.92 Å². The van der Waals surface area contributed by atoms with E-state index in [1.807, 2.05) is 0 Å². The summed E-state index contributed by atoms with van der Waals surface area (Å²) in [5, 5.41) is 12.8. The van der Waals surface area contributed by atoms with Crippen LogP contribution in [0, 0.1) is 5.92 Å².